The Labute approximate surface area is 134 Å². The maximum Gasteiger partial charge on any atom is 0.407 e. The van der Waals surface area contributed by atoms with Crippen LogP contribution in [0.25, 0.3) is 0 Å². The summed E-state index contributed by atoms with van der Waals surface area (Å²) in [6.07, 6.45) is 0.718. The average molecular weight is 323 g/mol. The molecular formula is C17H22FNO4. The largest absolute Gasteiger partial charge is 0.481 e. The van der Waals surface area contributed by atoms with Crippen molar-refractivity contribution in [2.75, 3.05) is 0 Å². The summed E-state index contributed by atoms with van der Waals surface area (Å²) in [7, 11) is 0. The second-order valence-electron chi connectivity index (χ2n) is 6.86. The number of aryl methyl sites for hydroxylation is 1. The van der Waals surface area contributed by atoms with Gasteiger partial charge in [0.05, 0.1) is 0 Å². The molecule has 0 aliphatic heterocycles. The van der Waals surface area contributed by atoms with Gasteiger partial charge < -0.3 is 15.2 Å². The van der Waals surface area contributed by atoms with Crippen molar-refractivity contribution in [2.24, 2.45) is 0 Å². The van der Waals surface area contributed by atoms with Gasteiger partial charge in [-0.25, -0.2) is 9.18 Å². The van der Waals surface area contributed by atoms with Crippen LogP contribution in [0.2, 0.25) is 0 Å². The Hall–Kier alpha value is -2.11. The van der Waals surface area contributed by atoms with Crippen LogP contribution in [0.15, 0.2) is 12.1 Å². The lowest BCUT2D eigenvalue weighted by atomic mass is 10.0. The summed E-state index contributed by atoms with van der Waals surface area (Å²) in [6.45, 7) is 5.38. The van der Waals surface area contributed by atoms with E-state index < -0.39 is 17.7 Å². The molecule has 0 saturated heterocycles. The van der Waals surface area contributed by atoms with Gasteiger partial charge in [0, 0.05) is 12.5 Å². The van der Waals surface area contributed by atoms with Crippen LogP contribution in [0.4, 0.5) is 9.18 Å². The molecule has 0 spiro atoms. The van der Waals surface area contributed by atoms with Gasteiger partial charge in [-0.1, -0.05) is 6.07 Å². The minimum absolute atomic E-state index is 0.102. The van der Waals surface area contributed by atoms with Crippen molar-refractivity contribution >= 4 is 12.1 Å². The number of aliphatic carboxylic acids is 1. The average Bonchev–Trinajstić information content (AvgIpc) is 2.74. The van der Waals surface area contributed by atoms with E-state index in [0.717, 1.165) is 11.1 Å². The molecule has 1 aliphatic rings. The van der Waals surface area contributed by atoms with Crippen LogP contribution in [0, 0.1) is 5.82 Å². The Morgan fingerprint density at radius 3 is 2.48 bits per heavy atom. The molecule has 0 saturated carbocycles. The summed E-state index contributed by atoms with van der Waals surface area (Å²) in [5, 5.41) is 11.5. The fourth-order valence-electron chi connectivity index (χ4n) is 2.70. The summed E-state index contributed by atoms with van der Waals surface area (Å²) in [5.41, 5.74) is 1.64. The van der Waals surface area contributed by atoms with Crippen LogP contribution in [-0.4, -0.2) is 28.8 Å². The normalized spacial score (nSPS) is 16.8. The number of halogens is 1. The number of nitrogens with one attached hydrogen (secondary N) is 1. The molecule has 1 aromatic carbocycles. The van der Waals surface area contributed by atoms with Gasteiger partial charge >= 0.3 is 12.1 Å². The molecule has 1 aromatic rings. The Morgan fingerprint density at radius 2 is 1.91 bits per heavy atom. The quantitative estimate of drug-likeness (QED) is 0.893. The molecule has 23 heavy (non-hydrogen) atoms. The van der Waals surface area contributed by atoms with E-state index in [0.29, 0.717) is 18.4 Å². The first kappa shape index (κ1) is 17.2. The van der Waals surface area contributed by atoms with Crippen LogP contribution < -0.4 is 5.32 Å². The minimum atomic E-state index is -0.950. The number of ether oxygens (including phenoxy) is 1. The number of carbonyl (C=O) groups excluding carboxylic acids is 1. The van der Waals surface area contributed by atoms with E-state index in [1.54, 1.807) is 26.8 Å². The van der Waals surface area contributed by atoms with Gasteiger partial charge in [0.15, 0.2) is 0 Å². The molecular weight excluding hydrogens is 301 g/mol. The minimum Gasteiger partial charge on any atom is -0.481 e. The highest BCUT2D eigenvalue weighted by molar-refractivity contribution is 5.68. The Bertz CT molecular complexity index is 622. The molecule has 5 nitrogen and oxygen atoms in total. The second-order valence-corrected chi connectivity index (χ2v) is 6.86. The van der Waals surface area contributed by atoms with Gasteiger partial charge in [-0.3, -0.25) is 4.79 Å². The van der Waals surface area contributed by atoms with Gasteiger partial charge in [-0.2, -0.15) is 0 Å². The van der Waals surface area contributed by atoms with Gasteiger partial charge in [0.25, 0.3) is 0 Å². The number of hydrogen-bond acceptors (Lipinski definition) is 3. The van der Waals surface area contributed by atoms with E-state index >= 15 is 0 Å². The van der Waals surface area contributed by atoms with E-state index in [4.69, 9.17) is 9.84 Å². The van der Waals surface area contributed by atoms with Gasteiger partial charge in [-0.05, 0) is 62.8 Å². The zero-order chi connectivity index (χ0) is 17.2. The predicted octanol–water partition coefficient (Wildman–Crippen LogP) is 2.83. The smallest absolute Gasteiger partial charge is 0.407 e. The Morgan fingerprint density at radius 1 is 1.30 bits per heavy atom. The first-order valence-electron chi connectivity index (χ1n) is 7.65. The zero-order valence-electron chi connectivity index (χ0n) is 13.6. The molecule has 0 fully saturated rings. The third-order valence-electron chi connectivity index (χ3n) is 3.63. The van der Waals surface area contributed by atoms with Gasteiger partial charge in [-0.15, -0.1) is 0 Å². The summed E-state index contributed by atoms with van der Waals surface area (Å²) >= 11 is 0. The summed E-state index contributed by atoms with van der Waals surface area (Å²) in [5.74, 6) is -1.34. The topological polar surface area (TPSA) is 75.6 Å². The van der Waals surface area contributed by atoms with E-state index in [9.17, 15) is 14.0 Å². The highest BCUT2D eigenvalue weighted by atomic mass is 19.1. The zero-order valence-corrected chi connectivity index (χ0v) is 13.6. The van der Waals surface area contributed by atoms with Crippen molar-refractivity contribution in [1.29, 1.82) is 0 Å². The number of carboxylic acid groups (broad SMARTS) is 1. The fraction of sp³-hybridized carbons (Fsp3) is 0.529. The number of rotatable bonds is 4. The molecule has 6 heteroatoms. The lowest BCUT2D eigenvalue weighted by Gasteiger charge is -2.21. The van der Waals surface area contributed by atoms with Crippen LogP contribution in [0.1, 0.15) is 43.9 Å². The number of amides is 1. The van der Waals surface area contributed by atoms with Crippen LogP contribution in [0.5, 0.6) is 0 Å². The van der Waals surface area contributed by atoms with E-state index in [2.05, 4.69) is 5.32 Å². The van der Waals surface area contributed by atoms with Crippen LogP contribution >= 0.6 is 0 Å². The molecule has 0 aromatic heterocycles. The molecule has 0 radical (unpaired) electrons. The van der Waals surface area contributed by atoms with Crippen molar-refractivity contribution in [2.45, 2.75) is 58.1 Å². The number of carbonyl (C=O) groups is 2. The highest BCUT2D eigenvalue weighted by Gasteiger charge is 2.26. The standard InChI is InChI=1S/C17H22FNO4/c1-17(2,3)23-16(22)19-13-7-11-6-10(4-5-15(20)21)14(18)9-12(11)8-13/h6,9,13H,4-5,7-8H2,1-3H3,(H,19,22)(H,20,21)/t13-/m0/s1. The molecule has 0 heterocycles. The lowest BCUT2D eigenvalue weighted by molar-refractivity contribution is -0.136. The third kappa shape index (κ3) is 4.94. The maximum absolute atomic E-state index is 14.0. The molecule has 2 rings (SSSR count). The fourth-order valence-corrected chi connectivity index (χ4v) is 2.70. The van der Waals surface area contributed by atoms with E-state index in [1.165, 1.54) is 6.07 Å². The lowest BCUT2D eigenvalue weighted by Crippen LogP contribution is -2.39. The molecule has 1 aliphatic carbocycles. The van der Waals surface area contributed by atoms with Crippen LogP contribution in [-0.2, 0) is 28.8 Å². The summed E-state index contributed by atoms with van der Waals surface area (Å²) in [6, 6.07) is 3.03. The van der Waals surface area contributed by atoms with Gasteiger partial charge in [0.1, 0.15) is 11.4 Å². The molecule has 0 unspecified atom stereocenters. The monoisotopic (exact) mass is 323 g/mol. The third-order valence-corrected chi connectivity index (χ3v) is 3.63. The van der Waals surface area contributed by atoms with Crippen molar-refractivity contribution in [3.8, 4) is 0 Å². The maximum atomic E-state index is 14.0. The molecule has 2 N–H and O–H groups in total. The number of carboxylic acids is 1. The first-order chi connectivity index (χ1) is 10.6. The summed E-state index contributed by atoms with van der Waals surface area (Å²) < 4.78 is 19.2. The Kier molecular flexibility index (Phi) is 4.92. The number of hydrogen-bond donors (Lipinski definition) is 2. The Balaban J connectivity index is 2.01. The van der Waals surface area contributed by atoms with Crippen molar-refractivity contribution < 1.29 is 23.8 Å². The van der Waals surface area contributed by atoms with E-state index in [1.807, 2.05) is 0 Å². The molecule has 0 bridgehead atoms. The number of fused-ring (bicyclic) bond motifs is 1. The van der Waals surface area contributed by atoms with Gasteiger partial charge in [0.2, 0.25) is 0 Å². The first-order valence-corrected chi connectivity index (χ1v) is 7.65. The van der Waals surface area contributed by atoms with Crippen molar-refractivity contribution in [1.82, 2.24) is 5.32 Å². The molecule has 126 valence electrons. The molecule has 1 amide bonds. The SMILES string of the molecule is CC(C)(C)OC(=O)N[C@@H]1Cc2cc(F)c(CCC(=O)O)cc2C1. The van der Waals surface area contributed by atoms with Crippen LogP contribution in [0.3, 0.4) is 0 Å². The second kappa shape index (κ2) is 6.56. The summed E-state index contributed by atoms with van der Waals surface area (Å²) in [4.78, 5) is 22.4. The number of alkyl carbamates (subject to hydrolysis) is 1. The predicted molar refractivity (Wildman–Crippen MR) is 82.9 cm³/mol. The van der Waals surface area contributed by atoms with E-state index in [-0.39, 0.29) is 24.7 Å². The molecule has 1 atom stereocenters. The number of benzene rings is 1. The van der Waals surface area contributed by atoms with Crippen molar-refractivity contribution in [3.63, 3.8) is 0 Å². The van der Waals surface area contributed by atoms with Crippen molar-refractivity contribution in [3.05, 3.63) is 34.6 Å². The highest BCUT2D eigenvalue weighted by Crippen LogP contribution is 2.26.